The largest absolute Gasteiger partial charge is 0.493 e. The Labute approximate surface area is 154 Å². The van der Waals surface area contributed by atoms with Crippen LogP contribution in [-0.4, -0.2) is 49.2 Å². The lowest BCUT2D eigenvalue weighted by molar-refractivity contribution is -0.143. The van der Waals surface area contributed by atoms with Gasteiger partial charge in [-0.1, -0.05) is 11.6 Å². The predicted molar refractivity (Wildman–Crippen MR) is 96.6 cm³/mol. The molecule has 0 heterocycles. The molecule has 0 aromatic heterocycles. The predicted octanol–water partition coefficient (Wildman–Crippen LogP) is 3.55. The highest BCUT2D eigenvalue weighted by molar-refractivity contribution is 6.32. The Morgan fingerprint density at radius 1 is 1.00 bits per heavy atom. The molecule has 1 aromatic carbocycles. The molecule has 1 rings (SSSR count). The maximum absolute atomic E-state index is 12.6. The molecule has 0 spiro atoms. The third-order valence-corrected chi connectivity index (χ3v) is 3.95. The third-order valence-electron chi connectivity index (χ3n) is 3.67. The normalized spacial score (nSPS) is 12.1. The molecule has 0 saturated heterocycles. The van der Waals surface area contributed by atoms with Gasteiger partial charge in [0.1, 0.15) is 0 Å². The smallest absolute Gasteiger partial charge is 0.339 e. The number of hydrogen-bond acceptors (Lipinski definition) is 5. The summed E-state index contributed by atoms with van der Waals surface area (Å²) in [5, 5.41) is 0.221. The quantitative estimate of drug-likeness (QED) is 0.686. The van der Waals surface area contributed by atoms with Gasteiger partial charge in [0.25, 0.3) is 5.91 Å². The van der Waals surface area contributed by atoms with Crippen molar-refractivity contribution >= 4 is 23.5 Å². The average Bonchev–Trinajstić information content (AvgIpc) is 2.52. The summed E-state index contributed by atoms with van der Waals surface area (Å²) in [7, 11) is 2.90. The van der Waals surface area contributed by atoms with Gasteiger partial charge in [-0.2, -0.15) is 0 Å². The van der Waals surface area contributed by atoms with E-state index in [4.69, 9.17) is 25.8 Å². The van der Waals surface area contributed by atoms with E-state index < -0.39 is 12.1 Å². The maximum Gasteiger partial charge on any atom is 0.339 e. The zero-order valence-electron chi connectivity index (χ0n) is 15.8. The zero-order valence-corrected chi connectivity index (χ0v) is 16.5. The first-order valence-electron chi connectivity index (χ1n) is 8.08. The lowest BCUT2D eigenvalue weighted by atomic mass is 10.2. The maximum atomic E-state index is 12.6. The highest BCUT2D eigenvalue weighted by Crippen LogP contribution is 2.36. The summed E-state index contributed by atoms with van der Waals surface area (Å²) >= 11 is 6.10. The first-order chi connectivity index (χ1) is 11.6. The number of rotatable bonds is 7. The lowest BCUT2D eigenvalue weighted by Gasteiger charge is -2.32. The zero-order chi connectivity index (χ0) is 19.3. The van der Waals surface area contributed by atoms with Crippen LogP contribution in [0.5, 0.6) is 11.5 Å². The van der Waals surface area contributed by atoms with Crippen LogP contribution in [0.25, 0.3) is 0 Å². The van der Waals surface area contributed by atoms with Crippen molar-refractivity contribution in [2.24, 2.45) is 0 Å². The molecule has 1 unspecified atom stereocenters. The summed E-state index contributed by atoms with van der Waals surface area (Å²) in [6.07, 6.45) is -0.913. The molecule has 0 saturated carbocycles. The van der Waals surface area contributed by atoms with Gasteiger partial charge in [0, 0.05) is 12.1 Å². The second-order valence-corrected chi connectivity index (χ2v) is 6.58. The number of halogens is 1. The summed E-state index contributed by atoms with van der Waals surface area (Å²) in [5.41, 5.74) is 0.183. The van der Waals surface area contributed by atoms with E-state index in [1.807, 2.05) is 27.7 Å². The summed E-state index contributed by atoms with van der Waals surface area (Å²) in [6.45, 7) is 9.22. The van der Waals surface area contributed by atoms with Crippen molar-refractivity contribution in [1.82, 2.24) is 4.90 Å². The highest BCUT2D eigenvalue weighted by atomic mass is 35.5. The number of nitrogens with zero attached hydrogens (tertiary/aromatic N) is 1. The SMILES string of the molecule is COc1cc(C(=O)OC(C)C(=O)N(C(C)C)C(C)C)cc(Cl)c1OC. The molecule has 1 atom stereocenters. The summed E-state index contributed by atoms with van der Waals surface area (Å²) < 4.78 is 15.6. The van der Waals surface area contributed by atoms with Crippen LogP contribution in [0.1, 0.15) is 45.0 Å². The fourth-order valence-electron chi connectivity index (χ4n) is 2.63. The number of hydrogen-bond donors (Lipinski definition) is 0. The Balaban J connectivity index is 2.99. The minimum Gasteiger partial charge on any atom is -0.493 e. The molecule has 0 bridgehead atoms. The minimum atomic E-state index is -0.913. The average molecular weight is 372 g/mol. The number of esters is 1. The van der Waals surface area contributed by atoms with Crippen LogP contribution >= 0.6 is 11.6 Å². The molecule has 0 radical (unpaired) electrons. The second-order valence-electron chi connectivity index (χ2n) is 6.17. The van der Waals surface area contributed by atoms with E-state index in [0.717, 1.165) is 0 Å². The molecule has 0 aliphatic heterocycles. The van der Waals surface area contributed by atoms with Crippen LogP contribution in [0, 0.1) is 0 Å². The molecule has 1 aromatic rings. The molecule has 0 aliphatic carbocycles. The third kappa shape index (κ3) is 5.01. The molecular weight excluding hydrogens is 346 g/mol. The van der Waals surface area contributed by atoms with E-state index in [2.05, 4.69) is 0 Å². The molecular formula is C18H26ClNO5. The van der Waals surface area contributed by atoms with E-state index in [1.54, 1.807) is 11.8 Å². The van der Waals surface area contributed by atoms with E-state index >= 15 is 0 Å². The number of carbonyl (C=O) groups excluding carboxylic acids is 2. The summed E-state index contributed by atoms with van der Waals surface area (Å²) in [6, 6.07) is 2.89. The fourth-order valence-corrected chi connectivity index (χ4v) is 2.92. The Morgan fingerprint density at radius 2 is 1.56 bits per heavy atom. The molecule has 1 amide bonds. The number of benzene rings is 1. The second kappa shape index (κ2) is 8.94. The van der Waals surface area contributed by atoms with Crippen molar-refractivity contribution < 1.29 is 23.8 Å². The molecule has 25 heavy (non-hydrogen) atoms. The standard InChI is InChI=1S/C18H26ClNO5/c1-10(2)20(11(3)4)17(21)12(5)25-18(22)13-8-14(19)16(24-7)15(9-13)23-6/h8-12H,1-7H3. The van der Waals surface area contributed by atoms with Crippen LogP contribution < -0.4 is 9.47 Å². The van der Waals surface area contributed by atoms with Gasteiger partial charge in [0.15, 0.2) is 17.6 Å². The van der Waals surface area contributed by atoms with Gasteiger partial charge >= 0.3 is 5.97 Å². The van der Waals surface area contributed by atoms with Crippen molar-refractivity contribution in [3.05, 3.63) is 22.7 Å². The van der Waals surface area contributed by atoms with Gasteiger partial charge in [-0.3, -0.25) is 4.79 Å². The van der Waals surface area contributed by atoms with Crippen LogP contribution in [0.2, 0.25) is 5.02 Å². The van der Waals surface area contributed by atoms with Gasteiger partial charge in [-0.05, 0) is 46.8 Å². The van der Waals surface area contributed by atoms with E-state index in [-0.39, 0.29) is 28.6 Å². The Hall–Kier alpha value is -1.95. The molecule has 0 N–H and O–H groups in total. The highest BCUT2D eigenvalue weighted by Gasteiger charge is 2.28. The van der Waals surface area contributed by atoms with Gasteiger partial charge in [-0.25, -0.2) is 4.79 Å². The van der Waals surface area contributed by atoms with E-state index in [0.29, 0.717) is 11.5 Å². The van der Waals surface area contributed by atoms with Gasteiger partial charge in [-0.15, -0.1) is 0 Å². The molecule has 0 fully saturated rings. The molecule has 140 valence electrons. The molecule has 6 nitrogen and oxygen atoms in total. The van der Waals surface area contributed by atoms with Crippen LogP contribution in [0.15, 0.2) is 12.1 Å². The summed E-state index contributed by atoms with van der Waals surface area (Å²) in [5.74, 6) is -0.261. The number of ether oxygens (including phenoxy) is 3. The first kappa shape index (κ1) is 21.1. The Morgan fingerprint density at radius 3 is 2.00 bits per heavy atom. The van der Waals surface area contributed by atoms with Crippen LogP contribution in [0.3, 0.4) is 0 Å². The molecule has 0 aliphatic rings. The molecule has 7 heteroatoms. The Kier molecular flexibility index (Phi) is 7.55. The Bertz CT molecular complexity index is 622. The summed E-state index contributed by atoms with van der Waals surface area (Å²) in [4.78, 5) is 26.6. The van der Waals surface area contributed by atoms with Gasteiger partial charge in [0.2, 0.25) is 0 Å². The van der Waals surface area contributed by atoms with Gasteiger partial charge < -0.3 is 19.1 Å². The van der Waals surface area contributed by atoms with Crippen molar-refractivity contribution in [3.63, 3.8) is 0 Å². The van der Waals surface area contributed by atoms with E-state index in [9.17, 15) is 9.59 Å². The first-order valence-corrected chi connectivity index (χ1v) is 8.46. The monoisotopic (exact) mass is 371 g/mol. The number of methoxy groups -OCH3 is 2. The number of carbonyl (C=O) groups is 2. The minimum absolute atomic E-state index is 0.00387. The lowest BCUT2D eigenvalue weighted by Crippen LogP contribution is -2.47. The number of amides is 1. The van der Waals surface area contributed by atoms with Crippen molar-refractivity contribution in [1.29, 1.82) is 0 Å². The van der Waals surface area contributed by atoms with Gasteiger partial charge in [0.05, 0.1) is 24.8 Å². The van der Waals surface area contributed by atoms with Crippen molar-refractivity contribution in [2.45, 2.75) is 52.8 Å². The van der Waals surface area contributed by atoms with E-state index in [1.165, 1.54) is 26.4 Å². The van der Waals surface area contributed by atoms with Crippen LogP contribution in [-0.2, 0) is 9.53 Å². The fraction of sp³-hybridized carbons (Fsp3) is 0.556. The van der Waals surface area contributed by atoms with Crippen LogP contribution in [0.4, 0.5) is 0 Å². The topological polar surface area (TPSA) is 65.1 Å². The van der Waals surface area contributed by atoms with Crippen molar-refractivity contribution in [3.8, 4) is 11.5 Å². The van der Waals surface area contributed by atoms with Crippen molar-refractivity contribution in [2.75, 3.05) is 14.2 Å².